The van der Waals surface area contributed by atoms with Crippen LogP contribution in [-0.2, 0) is 0 Å². The number of rotatable bonds is 3. The van der Waals surface area contributed by atoms with Crippen LogP contribution in [0.1, 0.15) is 41.4 Å². The summed E-state index contributed by atoms with van der Waals surface area (Å²) in [6, 6.07) is 2.01. The van der Waals surface area contributed by atoms with Gasteiger partial charge in [-0.1, -0.05) is 6.92 Å². The Kier molecular flexibility index (Phi) is 2.56. The van der Waals surface area contributed by atoms with Crippen LogP contribution >= 0.6 is 27.3 Å². The summed E-state index contributed by atoms with van der Waals surface area (Å²) in [4.78, 5) is 13.0. The number of carbonyl (C=O) groups excluding carboxylic acids is 1. The summed E-state index contributed by atoms with van der Waals surface area (Å²) in [7, 11) is 0. The van der Waals surface area contributed by atoms with Gasteiger partial charge in [-0.25, -0.2) is 0 Å². The Hall–Kier alpha value is -0.150. The second-order valence-corrected chi connectivity index (χ2v) is 6.40. The minimum atomic E-state index is 0.0106. The second kappa shape index (κ2) is 3.46. The smallest absolute Gasteiger partial charge is 0.178 e. The molecule has 2 rings (SSSR count). The molecule has 1 aliphatic carbocycles. The van der Waals surface area contributed by atoms with Crippen molar-refractivity contribution in [2.24, 2.45) is 5.41 Å². The molecule has 0 saturated heterocycles. The summed E-state index contributed by atoms with van der Waals surface area (Å²) < 4.78 is 1.09. The Morgan fingerprint density at radius 2 is 2.29 bits per heavy atom. The Morgan fingerprint density at radius 3 is 2.64 bits per heavy atom. The molecule has 1 aliphatic rings. The fraction of sp³-hybridized carbons (Fsp3) is 0.545. The molecule has 3 heteroatoms. The normalized spacial score (nSPS) is 18.2. The summed E-state index contributed by atoms with van der Waals surface area (Å²) in [6.45, 7) is 4.14. The van der Waals surface area contributed by atoms with Crippen molar-refractivity contribution in [1.29, 1.82) is 0 Å². The largest absolute Gasteiger partial charge is 0.293 e. The van der Waals surface area contributed by atoms with Crippen molar-refractivity contribution in [3.63, 3.8) is 0 Å². The van der Waals surface area contributed by atoms with Gasteiger partial charge in [0.1, 0.15) is 0 Å². The second-order valence-electron chi connectivity index (χ2n) is 4.03. The maximum absolute atomic E-state index is 12.1. The lowest BCUT2D eigenvalue weighted by molar-refractivity contribution is 0.0901. The monoisotopic (exact) mass is 272 g/mol. The SMILES string of the molecule is CCC1(C(=O)c2cc(C)c(Br)s2)CC1. The van der Waals surface area contributed by atoms with Gasteiger partial charge < -0.3 is 0 Å². The van der Waals surface area contributed by atoms with Gasteiger partial charge in [-0.2, -0.15) is 0 Å². The van der Waals surface area contributed by atoms with Crippen LogP contribution < -0.4 is 0 Å². The van der Waals surface area contributed by atoms with Gasteiger partial charge in [0.2, 0.25) is 0 Å². The third kappa shape index (κ3) is 1.57. The van der Waals surface area contributed by atoms with Gasteiger partial charge in [-0.05, 0) is 53.7 Å². The van der Waals surface area contributed by atoms with Crippen molar-refractivity contribution in [2.75, 3.05) is 0 Å². The zero-order valence-electron chi connectivity index (χ0n) is 8.39. The predicted molar refractivity (Wildman–Crippen MR) is 63.0 cm³/mol. The number of halogens is 1. The number of ketones is 1. The molecule has 14 heavy (non-hydrogen) atoms. The van der Waals surface area contributed by atoms with E-state index in [1.54, 1.807) is 11.3 Å². The van der Waals surface area contributed by atoms with Crippen molar-refractivity contribution < 1.29 is 4.79 Å². The minimum Gasteiger partial charge on any atom is -0.293 e. The predicted octanol–water partition coefficient (Wildman–Crippen LogP) is 4.19. The van der Waals surface area contributed by atoms with E-state index in [1.165, 1.54) is 5.56 Å². The molecule has 0 unspecified atom stereocenters. The summed E-state index contributed by atoms with van der Waals surface area (Å²) in [5.74, 6) is 0.360. The molecule has 1 aromatic rings. The highest BCUT2D eigenvalue weighted by Gasteiger charge is 2.48. The molecule has 1 nitrogen and oxygen atoms in total. The van der Waals surface area contributed by atoms with Crippen LogP contribution in [0, 0.1) is 12.3 Å². The van der Waals surface area contributed by atoms with Crippen LogP contribution in [0.25, 0.3) is 0 Å². The highest BCUT2D eigenvalue weighted by atomic mass is 79.9. The molecule has 0 aliphatic heterocycles. The average Bonchev–Trinajstić information content (AvgIpc) is 2.90. The average molecular weight is 273 g/mol. The molecule has 1 heterocycles. The maximum Gasteiger partial charge on any atom is 0.178 e. The molecule has 1 saturated carbocycles. The molecule has 1 fully saturated rings. The number of aryl methyl sites for hydroxylation is 1. The summed E-state index contributed by atoms with van der Waals surface area (Å²) in [5, 5.41) is 0. The van der Waals surface area contributed by atoms with Gasteiger partial charge >= 0.3 is 0 Å². The van der Waals surface area contributed by atoms with Crippen molar-refractivity contribution in [3.05, 3.63) is 20.3 Å². The summed E-state index contributed by atoms with van der Waals surface area (Å²) in [6.07, 6.45) is 3.15. The number of hydrogen-bond acceptors (Lipinski definition) is 2. The van der Waals surface area contributed by atoms with Crippen LogP contribution in [0.3, 0.4) is 0 Å². The van der Waals surface area contributed by atoms with Crippen LogP contribution in [0.5, 0.6) is 0 Å². The Balaban J connectivity index is 2.28. The van der Waals surface area contributed by atoms with E-state index in [9.17, 15) is 4.79 Å². The van der Waals surface area contributed by atoms with Crippen molar-refractivity contribution in [1.82, 2.24) is 0 Å². The first-order valence-corrected chi connectivity index (χ1v) is 6.51. The van der Waals surface area contributed by atoms with E-state index in [4.69, 9.17) is 0 Å². The van der Waals surface area contributed by atoms with E-state index >= 15 is 0 Å². The lowest BCUT2D eigenvalue weighted by Crippen LogP contribution is -2.13. The first-order chi connectivity index (χ1) is 6.59. The molecular weight excluding hydrogens is 260 g/mol. The van der Waals surface area contributed by atoms with Gasteiger partial charge in [0.25, 0.3) is 0 Å². The van der Waals surface area contributed by atoms with Gasteiger partial charge in [0.15, 0.2) is 5.78 Å². The Morgan fingerprint density at radius 1 is 1.64 bits per heavy atom. The molecule has 1 aromatic heterocycles. The Bertz CT molecular complexity index is 357. The molecule has 0 amide bonds. The van der Waals surface area contributed by atoms with Gasteiger partial charge in [-0.15, -0.1) is 11.3 Å². The quantitative estimate of drug-likeness (QED) is 0.754. The van der Waals surface area contributed by atoms with Gasteiger partial charge in [0, 0.05) is 5.41 Å². The van der Waals surface area contributed by atoms with E-state index in [0.29, 0.717) is 5.78 Å². The van der Waals surface area contributed by atoms with E-state index in [1.807, 2.05) is 13.0 Å². The fourth-order valence-electron chi connectivity index (χ4n) is 1.73. The number of Topliss-reactive ketones (excluding diaryl/α,β-unsaturated/α-hetero) is 1. The van der Waals surface area contributed by atoms with Crippen LogP contribution in [0.4, 0.5) is 0 Å². The lowest BCUT2D eigenvalue weighted by Gasteiger charge is -2.08. The van der Waals surface area contributed by atoms with Crippen LogP contribution in [0.2, 0.25) is 0 Å². The Labute approximate surface area is 96.6 Å². The topological polar surface area (TPSA) is 17.1 Å². The third-order valence-corrected chi connectivity index (χ3v) is 5.23. The number of carbonyl (C=O) groups is 1. The third-order valence-electron chi connectivity index (χ3n) is 3.09. The molecule has 0 radical (unpaired) electrons. The molecule has 0 aromatic carbocycles. The van der Waals surface area contributed by atoms with E-state index in [2.05, 4.69) is 22.9 Å². The van der Waals surface area contributed by atoms with Crippen molar-refractivity contribution in [3.8, 4) is 0 Å². The fourth-order valence-corrected chi connectivity index (χ4v) is 3.32. The zero-order valence-corrected chi connectivity index (χ0v) is 10.8. The van der Waals surface area contributed by atoms with E-state index < -0.39 is 0 Å². The number of thiophene rings is 1. The molecule has 0 atom stereocenters. The highest BCUT2D eigenvalue weighted by Crippen LogP contribution is 2.52. The van der Waals surface area contributed by atoms with Crippen LogP contribution in [0.15, 0.2) is 9.85 Å². The van der Waals surface area contributed by atoms with Crippen molar-refractivity contribution >= 4 is 33.0 Å². The lowest BCUT2D eigenvalue weighted by atomic mass is 9.96. The molecule has 0 bridgehead atoms. The maximum atomic E-state index is 12.1. The highest BCUT2D eigenvalue weighted by molar-refractivity contribution is 9.11. The first-order valence-electron chi connectivity index (χ1n) is 4.90. The summed E-state index contributed by atoms with van der Waals surface area (Å²) >= 11 is 5.03. The van der Waals surface area contributed by atoms with Crippen molar-refractivity contribution in [2.45, 2.75) is 33.1 Å². The molecule has 76 valence electrons. The summed E-state index contributed by atoms with van der Waals surface area (Å²) in [5.41, 5.74) is 1.18. The van der Waals surface area contributed by atoms with Crippen LogP contribution in [-0.4, -0.2) is 5.78 Å². The minimum absolute atomic E-state index is 0.0106. The zero-order chi connectivity index (χ0) is 10.3. The van der Waals surface area contributed by atoms with E-state index in [-0.39, 0.29) is 5.41 Å². The molecule has 0 N–H and O–H groups in total. The molecule has 0 spiro atoms. The van der Waals surface area contributed by atoms with E-state index in [0.717, 1.165) is 27.9 Å². The number of hydrogen-bond donors (Lipinski definition) is 0. The van der Waals surface area contributed by atoms with Gasteiger partial charge in [0.05, 0.1) is 8.66 Å². The first kappa shape index (κ1) is 10.4. The standard InChI is InChI=1S/C11H13BrOS/c1-3-11(4-5-11)9(13)8-6-7(2)10(12)14-8/h6H,3-5H2,1-2H3. The molecular formula is C11H13BrOS. The van der Waals surface area contributed by atoms with Gasteiger partial charge in [-0.3, -0.25) is 4.79 Å².